The maximum absolute atomic E-state index is 12.8. The van der Waals surface area contributed by atoms with Gasteiger partial charge in [-0.2, -0.15) is 0 Å². The summed E-state index contributed by atoms with van der Waals surface area (Å²) < 4.78 is 12.9. The fraction of sp³-hybridized carbons (Fsp3) is 0.733. The largest absolute Gasteiger partial charge is 0.493 e. The molecule has 188 valence electrons. The first-order valence-electron chi connectivity index (χ1n) is 14.3. The first-order chi connectivity index (χ1) is 17.1. The third kappa shape index (κ3) is 2.65. The number of likely N-dealkylation sites (tertiary alicyclic amines) is 2. The van der Waals surface area contributed by atoms with Crippen molar-refractivity contribution in [3.63, 3.8) is 0 Å². The second kappa shape index (κ2) is 7.26. The van der Waals surface area contributed by atoms with E-state index in [1.165, 1.54) is 69.3 Å². The van der Waals surface area contributed by atoms with Crippen molar-refractivity contribution in [2.45, 2.75) is 87.4 Å². The van der Waals surface area contributed by atoms with Crippen LogP contribution in [0.25, 0.3) is 0 Å². The van der Waals surface area contributed by atoms with Crippen LogP contribution < -0.4 is 9.47 Å². The van der Waals surface area contributed by atoms with Gasteiger partial charge in [-0.1, -0.05) is 17.7 Å². The number of hydrogen-bond acceptors (Lipinski definition) is 5. The molecule has 35 heavy (non-hydrogen) atoms. The van der Waals surface area contributed by atoms with Crippen molar-refractivity contribution in [3.05, 3.63) is 34.9 Å². The number of aliphatic hydroxyl groups is 1. The van der Waals surface area contributed by atoms with Crippen molar-refractivity contribution in [1.29, 1.82) is 0 Å². The fourth-order valence-electron chi connectivity index (χ4n) is 9.44. The zero-order chi connectivity index (χ0) is 23.4. The van der Waals surface area contributed by atoms with Gasteiger partial charge in [0.15, 0.2) is 11.5 Å². The summed E-state index contributed by atoms with van der Waals surface area (Å²) in [7, 11) is 1.76. The molecule has 2 bridgehead atoms. The van der Waals surface area contributed by atoms with E-state index in [1.54, 1.807) is 12.7 Å². The molecule has 2 spiro atoms. The molecule has 5 fully saturated rings. The topological polar surface area (TPSA) is 45.2 Å². The van der Waals surface area contributed by atoms with Gasteiger partial charge in [0.2, 0.25) is 0 Å². The minimum atomic E-state index is -0.712. The molecule has 1 aromatic rings. The zero-order valence-corrected chi connectivity index (χ0v) is 21.2. The SMILES string of the molecule is COc1ccc2c3c1O[C@H]1[C@@]4(CC/C4=C\CN4CCCC4)CC[C@@]4(O)[C@@H](C2)N(CC2CC2)CC[C@]314. The molecule has 1 aromatic carbocycles. The number of nitrogens with zero attached hydrogens (tertiary/aromatic N) is 2. The molecule has 2 saturated heterocycles. The van der Waals surface area contributed by atoms with Crippen LogP contribution in [0.1, 0.15) is 68.9 Å². The van der Waals surface area contributed by atoms with E-state index in [9.17, 15) is 5.11 Å². The Labute approximate surface area is 209 Å². The quantitative estimate of drug-likeness (QED) is 0.650. The summed E-state index contributed by atoms with van der Waals surface area (Å²) in [6.45, 7) is 5.82. The van der Waals surface area contributed by atoms with Crippen LogP contribution in [0.15, 0.2) is 23.8 Å². The van der Waals surface area contributed by atoms with Gasteiger partial charge in [0.1, 0.15) is 6.10 Å². The van der Waals surface area contributed by atoms with Gasteiger partial charge in [-0.15, -0.1) is 0 Å². The number of hydrogen-bond donors (Lipinski definition) is 1. The normalized spacial score (nSPS) is 42.7. The molecule has 3 saturated carbocycles. The van der Waals surface area contributed by atoms with Crippen molar-refractivity contribution in [1.82, 2.24) is 9.80 Å². The number of ether oxygens (including phenoxy) is 2. The molecule has 4 aliphatic carbocycles. The third-order valence-electron chi connectivity index (χ3n) is 11.4. The van der Waals surface area contributed by atoms with Crippen LogP contribution in [-0.4, -0.2) is 72.5 Å². The van der Waals surface area contributed by atoms with Crippen LogP contribution in [0.3, 0.4) is 0 Å². The van der Waals surface area contributed by atoms with Crippen molar-refractivity contribution in [2.75, 3.05) is 39.8 Å². The highest BCUT2D eigenvalue weighted by molar-refractivity contribution is 5.64. The summed E-state index contributed by atoms with van der Waals surface area (Å²) in [5, 5.41) is 12.8. The lowest BCUT2D eigenvalue weighted by Crippen LogP contribution is -2.78. The van der Waals surface area contributed by atoms with Crippen molar-refractivity contribution >= 4 is 0 Å². The lowest BCUT2D eigenvalue weighted by molar-refractivity contribution is -0.218. The van der Waals surface area contributed by atoms with E-state index in [2.05, 4.69) is 28.0 Å². The number of methoxy groups -OCH3 is 1. The van der Waals surface area contributed by atoms with E-state index in [0.717, 1.165) is 56.2 Å². The average molecular weight is 477 g/mol. The van der Waals surface area contributed by atoms with Crippen LogP contribution in [0.2, 0.25) is 0 Å². The Bertz CT molecular complexity index is 1090. The summed E-state index contributed by atoms with van der Waals surface area (Å²) in [5.41, 5.74) is 3.39. The minimum absolute atomic E-state index is 0.0308. The van der Waals surface area contributed by atoms with Gasteiger partial charge in [-0.25, -0.2) is 0 Å². The maximum Gasteiger partial charge on any atom is 0.165 e. The van der Waals surface area contributed by atoms with E-state index >= 15 is 0 Å². The van der Waals surface area contributed by atoms with Crippen molar-refractivity contribution in [3.8, 4) is 11.5 Å². The Kier molecular flexibility index (Phi) is 4.47. The van der Waals surface area contributed by atoms with Gasteiger partial charge in [0, 0.05) is 30.1 Å². The molecule has 5 nitrogen and oxygen atoms in total. The van der Waals surface area contributed by atoms with Gasteiger partial charge >= 0.3 is 0 Å². The highest BCUT2D eigenvalue weighted by atomic mass is 16.5. The summed E-state index contributed by atoms with van der Waals surface area (Å²) in [6, 6.07) is 4.61. The number of piperidine rings is 1. The van der Waals surface area contributed by atoms with Crippen molar-refractivity contribution < 1.29 is 14.6 Å². The Balaban J connectivity index is 1.24. The van der Waals surface area contributed by atoms with E-state index in [1.807, 2.05) is 0 Å². The molecule has 7 aliphatic rings. The third-order valence-corrected chi connectivity index (χ3v) is 11.4. The van der Waals surface area contributed by atoms with E-state index in [-0.39, 0.29) is 23.0 Å². The predicted molar refractivity (Wildman–Crippen MR) is 135 cm³/mol. The Morgan fingerprint density at radius 3 is 2.71 bits per heavy atom. The number of fused-ring (bicyclic) bond motifs is 1. The van der Waals surface area contributed by atoms with E-state index in [4.69, 9.17) is 9.47 Å². The monoisotopic (exact) mass is 476 g/mol. The molecule has 5 heteroatoms. The Morgan fingerprint density at radius 2 is 1.97 bits per heavy atom. The molecule has 0 radical (unpaired) electrons. The highest BCUT2D eigenvalue weighted by Gasteiger charge is 2.77. The molecule has 0 unspecified atom stereocenters. The molecular weight excluding hydrogens is 436 g/mol. The molecule has 1 N–H and O–H groups in total. The predicted octanol–water partition coefficient (Wildman–Crippen LogP) is 4.06. The fourth-order valence-corrected chi connectivity index (χ4v) is 9.44. The summed E-state index contributed by atoms with van der Waals surface area (Å²) in [6.07, 6.45) is 14.3. The van der Waals surface area contributed by atoms with Crippen LogP contribution in [0.4, 0.5) is 0 Å². The Hall–Kier alpha value is -1.56. The molecule has 8 rings (SSSR count). The lowest BCUT2D eigenvalue weighted by Gasteiger charge is -2.68. The minimum Gasteiger partial charge on any atom is -0.493 e. The summed E-state index contributed by atoms with van der Waals surface area (Å²) >= 11 is 0. The first-order valence-corrected chi connectivity index (χ1v) is 14.3. The van der Waals surface area contributed by atoms with Crippen LogP contribution in [0.5, 0.6) is 11.5 Å². The van der Waals surface area contributed by atoms with E-state index in [0.29, 0.717) is 0 Å². The van der Waals surface area contributed by atoms with Crippen LogP contribution in [-0.2, 0) is 11.8 Å². The molecular formula is C30H40N2O3. The Morgan fingerprint density at radius 1 is 1.11 bits per heavy atom. The molecule has 3 aliphatic heterocycles. The standard InChI is InChI=1S/C30H40N2O3/c1-34-23-7-6-21-18-24-30(33)12-11-28(10-8-22(28)9-16-31-14-2-3-15-31)27-29(30,25(21)26(23)35-27)13-17-32(24)19-20-4-5-20/h6-7,9,20,24,27,33H,2-5,8,10-19H2,1H3/b22-9+/t24-,27+,28+,29+,30-/m1/s1. The molecule has 0 aromatic heterocycles. The van der Waals surface area contributed by atoms with E-state index < -0.39 is 5.60 Å². The van der Waals surface area contributed by atoms with Crippen LogP contribution in [0, 0.1) is 11.3 Å². The highest BCUT2D eigenvalue weighted by Crippen LogP contribution is 2.72. The van der Waals surface area contributed by atoms with Gasteiger partial charge in [-0.05, 0) is 101 Å². The van der Waals surface area contributed by atoms with Crippen molar-refractivity contribution in [2.24, 2.45) is 11.3 Å². The van der Waals surface area contributed by atoms with Gasteiger partial charge in [-0.3, -0.25) is 9.80 Å². The number of rotatable bonds is 5. The average Bonchev–Trinajstić information content (AvgIpc) is 3.36. The smallest absolute Gasteiger partial charge is 0.165 e. The molecule has 0 amide bonds. The zero-order valence-electron chi connectivity index (χ0n) is 21.2. The van der Waals surface area contributed by atoms with Gasteiger partial charge in [0.05, 0.1) is 18.1 Å². The first kappa shape index (κ1) is 21.5. The lowest BCUT2D eigenvalue weighted by atomic mass is 9.40. The van der Waals surface area contributed by atoms with Gasteiger partial charge < -0.3 is 14.6 Å². The number of benzene rings is 1. The molecule has 5 atom stereocenters. The van der Waals surface area contributed by atoms with Crippen LogP contribution >= 0.6 is 0 Å². The van der Waals surface area contributed by atoms with Gasteiger partial charge in [0.25, 0.3) is 0 Å². The summed E-state index contributed by atoms with van der Waals surface area (Å²) in [5.74, 6) is 2.65. The maximum atomic E-state index is 12.8. The second-order valence-corrected chi connectivity index (χ2v) is 12.8. The molecule has 3 heterocycles. The second-order valence-electron chi connectivity index (χ2n) is 12.8. The summed E-state index contributed by atoms with van der Waals surface area (Å²) in [4.78, 5) is 5.28.